The summed E-state index contributed by atoms with van der Waals surface area (Å²) in [4.78, 5) is 14.6. The number of nitrogens with zero attached hydrogens (tertiary/aromatic N) is 2. The second-order valence-electron chi connectivity index (χ2n) is 3.90. The van der Waals surface area contributed by atoms with E-state index in [1.54, 1.807) is 18.6 Å². The van der Waals surface area contributed by atoms with Crippen molar-refractivity contribution in [2.24, 2.45) is 0 Å². The van der Waals surface area contributed by atoms with Crippen molar-refractivity contribution in [3.8, 4) is 0 Å². The molecule has 0 radical (unpaired) electrons. The largest absolute Gasteiger partial charge is 0.475 e. The molecule has 2 N–H and O–H groups in total. The lowest BCUT2D eigenvalue weighted by Crippen LogP contribution is -2.15. The maximum atomic E-state index is 10.6. The first kappa shape index (κ1) is 12.4. The highest BCUT2D eigenvalue weighted by Crippen LogP contribution is 2.07. The van der Waals surface area contributed by atoms with Crippen LogP contribution in [0.5, 0.6) is 0 Å². The predicted molar refractivity (Wildman–Crippen MR) is 64.2 cm³/mol. The van der Waals surface area contributed by atoms with Crippen LogP contribution in [-0.4, -0.2) is 27.2 Å². The monoisotopic (exact) mass is 249 g/mol. The van der Waals surface area contributed by atoms with Crippen molar-refractivity contribution in [3.05, 3.63) is 42.4 Å². The molecular formula is C12H15N3O3. The average molecular weight is 249 g/mol. The second kappa shape index (κ2) is 6.02. The molecule has 0 aliphatic carbocycles. The molecule has 0 saturated heterocycles. The summed E-state index contributed by atoms with van der Waals surface area (Å²) in [6.45, 7) is 2.28. The van der Waals surface area contributed by atoms with Crippen molar-refractivity contribution in [2.45, 2.75) is 19.5 Å². The fourth-order valence-electron chi connectivity index (χ4n) is 1.61. The molecule has 18 heavy (non-hydrogen) atoms. The molecule has 0 spiro atoms. The van der Waals surface area contributed by atoms with Gasteiger partial charge < -0.3 is 19.4 Å². The minimum absolute atomic E-state index is 0.0229. The van der Waals surface area contributed by atoms with E-state index < -0.39 is 5.97 Å². The van der Waals surface area contributed by atoms with Gasteiger partial charge in [-0.2, -0.15) is 0 Å². The smallest absolute Gasteiger partial charge is 0.371 e. The molecular weight excluding hydrogens is 234 g/mol. The van der Waals surface area contributed by atoms with Gasteiger partial charge in [0.05, 0.1) is 12.9 Å². The highest BCUT2D eigenvalue weighted by Gasteiger charge is 2.07. The van der Waals surface area contributed by atoms with Crippen LogP contribution >= 0.6 is 0 Å². The maximum Gasteiger partial charge on any atom is 0.371 e. The molecule has 0 aliphatic rings. The zero-order valence-electron chi connectivity index (χ0n) is 9.87. The Balaban J connectivity index is 1.64. The van der Waals surface area contributed by atoms with Gasteiger partial charge in [0.25, 0.3) is 0 Å². The molecule has 0 aromatic carbocycles. The predicted octanol–water partition coefficient (Wildman–Crippen LogP) is 1.35. The van der Waals surface area contributed by atoms with E-state index in [1.165, 1.54) is 6.07 Å². The third-order valence-electron chi connectivity index (χ3n) is 2.50. The Morgan fingerprint density at radius 2 is 2.39 bits per heavy atom. The summed E-state index contributed by atoms with van der Waals surface area (Å²) in [5.41, 5.74) is 0. The van der Waals surface area contributed by atoms with E-state index in [1.807, 2.05) is 10.8 Å². The Kier molecular flexibility index (Phi) is 4.14. The molecule has 0 saturated carbocycles. The summed E-state index contributed by atoms with van der Waals surface area (Å²) in [5, 5.41) is 11.9. The van der Waals surface area contributed by atoms with Crippen LogP contribution in [0.25, 0.3) is 0 Å². The molecule has 0 fully saturated rings. The normalized spacial score (nSPS) is 10.7. The van der Waals surface area contributed by atoms with Crippen molar-refractivity contribution >= 4 is 5.97 Å². The number of hydrogen-bond acceptors (Lipinski definition) is 4. The van der Waals surface area contributed by atoms with Crippen LogP contribution in [0.2, 0.25) is 0 Å². The number of hydrogen-bond donors (Lipinski definition) is 2. The third-order valence-corrected chi connectivity index (χ3v) is 2.50. The van der Waals surface area contributed by atoms with Crippen molar-refractivity contribution in [1.82, 2.24) is 14.9 Å². The van der Waals surface area contributed by atoms with E-state index in [9.17, 15) is 4.79 Å². The van der Waals surface area contributed by atoms with Gasteiger partial charge in [-0.3, -0.25) is 0 Å². The van der Waals surface area contributed by atoms with E-state index in [-0.39, 0.29) is 5.76 Å². The Morgan fingerprint density at radius 1 is 1.50 bits per heavy atom. The first-order valence-corrected chi connectivity index (χ1v) is 5.74. The summed E-state index contributed by atoms with van der Waals surface area (Å²) in [7, 11) is 0. The number of aryl methyl sites for hydroxylation is 1. The lowest BCUT2D eigenvalue weighted by molar-refractivity contribution is 0.0660. The molecule has 0 aliphatic heterocycles. The summed E-state index contributed by atoms with van der Waals surface area (Å²) >= 11 is 0. The first-order chi connectivity index (χ1) is 8.75. The topological polar surface area (TPSA) is 80.3 Å². The van der Waals surface area contributed by atoms with Crippen LogP contribution in [-0.2, 0) is 13.1 Å². The molecule has 2 aromatic heterocycles. The number of carboxylic acids is 1. The highest BCUT2D eigenvalue weighted by atomic mass is 16.4. The fourth-order valence-corrected chi connectivity index (χ4v) is 1.61. The van der Waals surface area contributed by atoms with Gasteiger partial charge in [0, 0.05) is 18.9 Å². The van der Waals surface area contributed by atoms with Crippen molar-refractivity contribution in [3.63, 3.8) is 0 Å². The second-order valence-corrected chi connectivity index (χ2v) is 3.90. The summed E-state index contributed by atoms with van der Waals surface area (Å²) in [6, 6.07) is 3.14. The van der Waals surface area contributed by atoms with E-state index in [4.69, 9.17) is 9.52 Å². The van der Waals surface area contributed by atoms with Gasteiger partial charge >= 0.3 is 5.97 Å². The van der Waals surface area contributed by atoms with Crippen LogP contribution in [0.4, 0.5) is 0 Å². The first-order valence-electron chi connectivity index (χ1n) is 5.74. The Labute approximate surface area is 104 Å². The Morgan fingerprint density at radius 3 is 3.06 bits per heavy atom. The number of carbonyl (C=O) groups is 1. The number of carboxylic acid groups (broad SMARTS) is 1. The molecule has 2 aromatic rings. The van der Waals surface area contributed by atoms with Crippen molar-refractivity contribution < 1.29 is 14.3 Å². The number of aromatic nitrogens is 2. The number of aromatic carboxylic acids is 1. The van der Waals surface area contributed by atoms with Crippen LogP contribution in [0.15, 0.2) is 35.3 Å². The molecule has 2 heterocycles. The van der Waals surface area contributed by atoms with E-state index in [2.05, 4.69) is 10.3 Å². The number of furan rings is 1. The van der Waals surface area contributed by atoms with Crippen LogP contribution < -0.4 is 5.32 Å². The molecule has 6 heteroatoms. The van der Waals surface area contributed by atoms with Crippen LogP contribution in [0.1, 0.15) is 22.7 Å². The zero-order chi connectivity index (χ0) is 12.8. The van der Waals surface area contributed by atoms with Crippen LogP contribution in [0.3, 0.4) is 0 Å². The SMILES string of the molecule is O=C(O)c1ccc(CNCCCn2ccnc2)o1. The maximum absolute atomic E-state index is 10.6. The third kappa shape index (κ3) is 3.46. The number of nitrogens with one attached hydrogen (secondary N) is 1. The quantitative estimate of drug-likeness (QED) is 0.724. The molecule has 0 unspecified atom stereocenters. The lowest BCUT2D eigenvalue weighted by atomic mass is 10.4. The Bertz CT molecular complexity index is 490. The molecule has 2 rings (SSSR count). The number of imidazole rings is 1. The lowest BCUT2D eigenvalue weighted by Gasteiger charge is -2.03. The molecule has 6 nitrogen and oxygen atoms in total. The average Bonchev–Trinajstić information content (AvgIpc) is 2.98. The highest BCUT2D eigenvalue weighted by molar-refractivity contribution is 5.84. The summed E-state index contributed by atoms with van der Waals surface area (Å²) in [6.07, 6.45) is 6.43. The van der Waals surface area contributed by atoms with Crippen molar-refractivity contribution in [2.75, 3.05) is 6.54 Å². The van der Waals surface area contributed by atoms with Gasteiger partial charge in [-0.25, -0.2) is 9.78 Å². The molecule has 0 bridgehead atoms. The Hall–Kier alpha value is -2.08. The van der Waals surface area contributed by atoms with E-state index >= 15 is 0 Å². The van der Waals surface area contributed by atoms with Gasteiger partial charge in [-0.15, -0.1) is 0 Å². The van der Waals surface area contributed by atoms with Gasteiger partial charge in [-0.05, 0) is 25.1 Å². The van der Waals surface area contributed by atoms with Gasteiger partial charge in [-0.1, -0.05) is 0 Å². The molecule has 96 valence electrons. The standard InChI is InChI=1S/C12H15N3O3/c16-12(17)11-3-2-10(18-11)8-13-4-1-6-15-7-5-14-9-15/h2-3,5,7,9,13H,1,4,6,8H2,(H,16,17). The van der Waals surface area contributed by atoms with E-state index in [0.29, 0.717) is 12.3 Å². The van der Waals surface area contributed by atoms with E-state index in [0.717, 1.165) is 19.5 Å². The number of rotatable bonds is 7. The summed E-state index contributed by atoms with van der Waals surface area (Å²) in [5.74, 6) is -0.429. The fraction of sp³-hybridized carbons (Fsp3) is 0.333. The zero-order valence-corrected chi connectivity index (χ0v) is 9.87. The van der Waals surface area contributed by atoms with Gasteiger partial charge in [0.15, 0.2) is 0 Å². The summed E-state index contributed by atoms with van der Waals surface area (Å²) < 4.78 is 7.13. The minimum Gasteiger partial charge on any atom is -0.475 e. The molecule has 0 atom stereocenters. The van der Waals surface area contributed by atoms with Gasteiger partial charge in [0.1, 0.15) is 5.76 Å². The van der Waals surface area contributed by atoms with Crippen LogP contribution in [0, 0.1) is 0 Å². The molecule has 0 amide bonds. The minimum atomic E-state index is -1.04. The van der Waals surface area contributed by atoms with Crippen molar-refractivity contribution in [1.29, 1.82) is 0 Å². The van der Waals surface area contributed by atoms with Gasteiger partial charge in [0.2, 0.25) is 5.76 Å².